The zero-order valence-corrected chi connectivity index (χ0v) is 17.4. The number of hydrogen-bond donors (Lipinski definition) is 1. The van der Waals surface area contributed by atoms with Crippen LogP contribution in [0.2, 0.25) is 0 Å². The van der Waals surface area contributed by atoms with Gasteiger partial charge in [0.25, 0.3) is 0 Å². The van der Waals surface area contributed by atoms with Gasteiger partial charge in [-0.05, 0) is 36.5 Å². The molecule has 1 aliphatic carbocycles. The summed E-state index contributed by atoms with van der Waals surface area (Å²) in [5.74, 6) is -0.101. The topological polar surface area (TPSA) is 41.6 Å². The highest BCUT2D eigenvalue weighted by atomic mass is 19.4. The molecule has 1 saturated carbocycles. The summed E-state index contributed by atoms with van der Waals surface area (Å²) < 4.78 is 47.8. The lowest BCUT2D eigenvalue weighted by Crippen LogP contribution is -2.36. The Labute approximate surface area is 180 Å². The predicted molar refractivity (Wildman–Crippen MR) is 115 cm³/mol. The minimum absolute atomic E-state index is 0.154. The molecular formula is C24H27F3N2O2. The van der Waals surface area contributed by atoms with Crippen LogP contribution in [0.4, 0.5) is 24.5 Å². The van der Waals surface area contributed by atoms with Crippen LogP contribution in [0.25, 0.3) is 11.1 Å². The van der Waals surface area contributed by atoms with Crippen LogP contribution in [0.15, 0.2) is 42.5 Å². The maximum Gasteiger partial charge on any atom is 0.418 e. The highest BCUT2D eigenvalue weighted by molar-refractivity contribution is 5.98. The second kappa shape index (κ2) is 9.30. The Bertz CT molecular complexity index is 903. The van der Waals surface area contributed by atoms with Gasteiger partial charge in [0.1, 0.15) is 0 Å². The fourth-order valence-corrected chi connectivity index (χ4v) is 4.50. The van der Waals surface area contributed by atoms with Gasteiger partial charge in [0.2, 0.25) is 5.91 Å². The van der Waals surface area contributed by atoms with E-state index in [9.17, 15) is 18.0 Å². The van der Waals surface area contributed by atoms with Gasteiger partial charge in [-0.1, -0.05) is 43.2 Å². The van der Waals surface area contributed by atoms with Crippen molar-refractivity contribution in [2.75, 3.05) is 36.5 Å². The summed E-state index contributed by atoms with van der Waals surface area (Å²) >= 11 is 0. The minimum Gasteiger partial charge on any atom is -0.378 e. The molecule has 0 aromatic heterocycles. The number of alkyl halides is 3. The van der Waals surface area contributed by atoms with E-state index in [-0.39, 0.29) is 23.9 Å². The number of carbonyl (C=O) groups is 1. The van der Waals surface area contributed by atoms with Gasteiger partial charge in [-0.25, -0.2) is 0 Å². The molecule has 1 aliphatic heterocycles. The Morgan fingerprint density at radius 1 is 1.06 bits per heavy atom. The van der Waals surface area contributed by atoms with Gasteiger partial charge in [0.05, 0.1) is 24.5 Å². The average molecular weight is 432 g/mol. The molecule has 0 atom stereocenters. The van der Waals surface area contributed by atoms with Gasteiger partial charge in [-0.15, -0.1) is 0 Å². The molecule has 1 saturated heterocycles. The number of benzene rings is 2. The lowest BCUT2D eigenvalue weighted by Gasteiger charge is -2.31. The Morgan fingerprint density at radius 3 is 2.39 bits per heavy atom. The summed E-state index contributed by atoms with van der Waals surface area (Å²) in [6, 6.07) is 11.8. The normalized spacial score (nSPS) is 17.7. The van der Waals surface area contributed by atoms with Crippen LogP contribution in [0.5, 0.6) is 0 Å². The molecule has 166 valence electrons. The first-order chi connectivity index (χ1) is 14.9. The SMILES string of the molecule is O=C(CC1CCCC1)Nc1c(-c2ccccc2)cc(N2CCOCC2)cc1C(F)(F)F. The first-order valence-electron chi connectivity index (χ1n) is 10.8. The molecule has 2 aromatic rings. The summed E-state index contributed by atoms with van der Waals surface area (Å²) in [5, 5.41) is 2.64. The smallest absolute Gasteiger partial charge is 0.378 e. The third kappa shape index (κ3) is 5.21. The molecule has 31 heavy (non-hydrogen) atoms. The Kier molecular flexibility index (Phi) is 6.51. The summed E-state index contributed by atoms with van der Waals surface area (Å²) in [4.78, 5) is 14.6. The number of amides is 1. The summed E-state index contributed by atoms with van der Waals surface area (Å²) in [5.41, 5.74) is 0.549. The quantitative estimate of drug-likeness (QED) is 0.656. The van der Waals surface area contributed by atoms with Crippen LogP contribution in [-0.2, 0) is 15.7 Å². The molecule has 2 aliphatic rings. The molecule has 0 bridgehead atoms. The first-order valence-corrected chi connectivity index (χ1v) is 10.8. The van der Waals surface area contributed by atoms with Crippen molar-refractivity contribution in [3.63, 3.8) is 0 Å². The molecule has 1 N–H and O–H groups in total. The van der Waals surface area contributed by atoms with Crippen LogP contribution in [0.3, 0.4) is 0 Å². The molecule has 2 aromatic carbocycles. The van der Waals surface area contributed by atoms with E-state index in [0.717, 1.165) is 31.7 Å². The summed E-state index contributed by atoms with van der Waals surface area (Å²) in [6.45, 7) is 2.00. The second-order valence-corrected chi connectivity index (χ2v) is 8.28. The van der Waals surface area contributed by atoms with Gasteiger partial charge in [0, 0.05) is 30.8 Å². The second-order valence-electron chi connectivity index (χ2n) is 8.28. The number of nitrogens with zero attached hydrogens (tertiary/aromatic N) is 1. The zero-order chi connectivity index (χ0) is 21.8. The average Bonchev–Trinajstić information content (AvgIpc) is 3.27. The third-order valence-electron chi connectivity index (χ3n) is 6.10. The summed E-state index contributed by atoms with van der Waals surface area (Å²) in [6.07, 6.45) is -0.259. The zero-order valence-electron chi connectivity index (χ0n) is 17.4. The van der Waals surface area contributed by atoms with Crippen molar-refractivity contribution in [2.24, 2.45) is 5.92 Å². The van der Waals surface area contributed by atoms with Crippen molar-refractivity contribution in [2.45, 2.75) is 38.3 Å². The molecule has 2 fully saturated rings. The Balaban J connectivity index is 1.77. The van der Waals surface area contributed by atoms with Crippen LogP contribution in [-0.4, -0.2) is 32.2 Å². The maximum absolute atomic E-state index is 14.2. The largest absolute Gasteiger partial charge is 0.418 e. The maximum atomic E-state index is 14.2. The third-order valence-corrected chi connectivity index (χ3v) is 6.10. The van der Waals surface area contributed by atoms with Gasteiger partial charge in [-0.2, -0.15) is 13.2 Å². The fraction of sp³-hybridized carbons (Fsp3) is 0.458. The van der Waals surface area contributed by atoms with Crippen molar-refractivity contribution >= 4 is 17.3 Å². The van der Waals surface area contributed by atoms with Gasteiger partial charge < -0.3 is 15.0 Å². The lowest BCUT2D eigenvalue weighted by atomic mass is 9.97. The van der Waals surface area contributed by atoms with Crippen molar-refractivity contribution < 1.29 is 22.7 Å². The van der Waals surface area contributed by atoms with E-state index < -0.39 is 11.7 Å². The van der Waals surface area contributed by atoms with E-state index in [2.05, 4.69) is 5.32 Å². The monoisotopic (exact) mass is 432 g/mol. The lowest BCUT2D eigenvalue weighted by molar-refractivity contribution is -0.136. The summed E-state index contributed by atoms with van der Waals surface area (Å²) in [7, 11) is 0. The van der Waals surface area contributed by atoms with E-state index >= 15 is 0 Å². The molecule has 7 heteroatoms. The fourth-order valence-electron chi connectivity index (χ4n) is 4.50. The Hall–Kier alpha value is -2.54. The van der Waals surface area contributed by atoms with E-state index in [1.54, 1.807) is 30.3 Å². The number of rotatable bonds is 5. The molecule has 0 spiro atoms. The van der Waals surface area contributed by atoms with Crippen LogP contribution < -0.4 is 10.2 Å². The number of anilines is 2. The highest BCUT2D eigenvalue weighted by Gasteiger charge is 2.37. The van der Waals surface area contributed by atoms with E-state index in [0.29, 0.717) is 43.1 Å². The van der Waals surface area contributed by atoms with Crippen molar-refractivity contribution in [3.05, 3.63) is 48.0 Å². The molecule has 4 nitrogen and oxygen atoms in total. The van der Waals surface area contributed by atoms with Crippen LogP contribution in [0.1, 0.15) is 37.7 Å². The standard InChI is InChI=1S/C24H27F3N2O2/c25-24(26,27)21-16-19(29-10-12-31-13-11-29)15-20(18-8-2-1-3-9-18)23(21)28-22(30)14-17-6-4-5-7-17/h1-3,8-9,15-17H,4-7,10-14H2,(H,28,30). The number of morpholine rings is 1. The highest BCUT2D eigenvalue weighted by Crippen LogP contribution is 2.44. The number of hydrogen-bond acceptors (Lipinski definition) is 3. The van der Waals surface area contributed by atoms with E-state index in [1.165, 1.54) is 0 Å². The van der Waals surface area contributed by atoms with Gasteiger partial charge in [-0.3, -0.25) is 4.79 Å². The Morgan fingerprint density at radius 2 is 1.74 bits per heavy atom. The van der Waals surface area contributed by atoms with Crippen molar-refractivity contribution in [3.8, 4) is 11.1 Å². The van der Waals surface area contributed by atoms with Crippen LogP contribution >= 0.6 is 0 Å². The van der Waals surface area contributed by atoms with Crippen molar-refractivity contribution in [1.29, 1.82) is 0 Å². The number of carbonyl (C=O) groups excluding carboxylic acids is 1. The van der Waals surface area contributed by atoms with Gasteiger partial charge >= 0.3 is 6.18 Å². The van der Waals surface area contributed by atoms with Crippen LogP contribution in [0, 0.1) is 5.92 Å². The molecule has 0 radical (unpaired) electrons. The molecule has 1 amide bonds. The van der Waals surface area contributed by atoms with E-state index in [4.69, 9.17) is 4.74 Å². The molecule has 4 rings (SSSR count). The number of halogens is 3. The number of nitrogens with one attached hydrogen (secondary N) is 1. The van der Waals surface area contributed by atoms with Gasteiger partial charge in [0.15, 0.2) is 0 Å². The van der Waals surface area contributed by atoms with E-state index in [1.807, 2.05) is 11.0 Å². The number of ether oxygens (including phenoxy) is 1. The molecule has 1 heterocycles. The first kappa shape index (κ1) is 21.7. The minimum atomic E-state index is -4.60. The predicted octanol–water partition coefficient (Wildman–Crippen LogP) is 5.73. The molecular weight excluding hydrogens is 405 g/mol. The molecule has 0 unspecified atom stereocenters. The van der Waals surface area contributed by atoms with Crippen molar-refractivity contribution in [1.82, 2.24) is 0 Å².